The Morgan fingerprint density at radius 2 is 2.12 bits per heavy atom. The third-order valence-electron chi connectivity index (χ3n) is 4.08. The SMILES string of the molecule is O=C(Nc1ccc(O)cc1)N1CCCC[C@@H]1COc1cccnc1. The molecule has 0 radical (unpaired) electrons. The van der Waals surface area contributed by atoms with E-state index in [2.05, 4.69) is 10.3 Å². The molecule has 24 heavy (non-hydrogen) atoms. The maximum atomic E-state index is 12.6. The molecule has 2 amide bonds. The number of pyridine rings is 1. The standard InChI is InChI=1S/C18H21N3O3/c22-16-8-6-14(7-9-16)20-18(23)21-11-2-1-4-15(21)13-24-17-5-3-10-19-12-17/h3,5-10,12,15,22H,1-2,4,11,13H2,(H,20,23)/t15-/m1/s1. The van der Waals surface area contributed by atoms with E-state index < -0.39 is 0 Å². The van der Waals surface area contributed by atoms with Crippen LogP contribution in [0.2, 0.25) is 0 Å². The van der Waals surface area contributed by atoms with Crippen LogP contribution in [0.15, 0.2) is 48.8 Å². The molecule has 1 aliphatic heterocycles. The molecule has 1 aliphatic rings. The van der Waals surface area contributed by atoms with Gasteiger partial charge in [-0.15, -0.1) is 0 Å². The monoisotopic (exact) mass is 327 g/mol. The van der Waals surface area contributed by atoms with E-state index in [1.165, 1.54) is 0 Å². The lowest BCUT2D eigenvalue weighted by molar-refractivity contribution is 0.124. The number of aromatic hydroxyl groups is 1. The molecule has 2 heterocycles. The van der Waals surface area contributed by atoms with E-state index in [9.17, 15) is 9.90 Å². The van der Waals surface area contributed by atoms with Gasteiger partial charge in [-0.3, -0.25) is 4.98 Å². The smallest absolute Gasteiger partial charge is 0.322 e. The van der Waals surface area contributed by atoms with Gasteiger partial charge in [0.15, 0.2) is 0 Å². The van der Waals surface area contributed by atoms with Crippen LogP contribution >= 0.6 is 0 Å². The number of anilines is 1. The molecular weight excluding hydrogens is 306 g/mol. The number of nitrogens with zero attached hydrogens (tertiary/aromatic N) is 2. The molecular formula is C18H21N3O3. The van der Waals surface area contributed by atoms with Crippen molar-refractivity contribution >= 4 is 11.7 Å². The third-order valence-corrected chi connectivity index (χ3v) is 4.08. The van der Waals surface area contributed by atoms with Crippen molar-refractivity contribution in [3.63, 3.8) is 0 Å². The summed E-state index contributed by atoms with van der Waals surface area (Å²) in [6, 6.07) is 10.0. The number of hydrogen-bond acceptors (Lipinski definition) is 4. The van der Waals surface area contributed by atoms with Gasteiger partial charge in [-0.1, -0.05) is 0 Å². The predicted octanol–water partition coefficient (Wildman–Crippen LogP) is 3.25. The van der Waals surface area contributed by atoms with Gasteiger partial charge in [-0.05, 0) is 55.7 Å². The van der Waals surface area contributed by atoms with Gasteiger partial charge < -0.3 is 20.1 Å². The van der Waals surface area contributed by atoms with Gasteiger partial charge in [0.2, 0.25) is 0 Å². The molecule has 1 aromatic carbocycles. The van der Waals surface area contributed by atoms with Gasteiger partial charge in [0.25, 0.3) is 0 Å². The van der Waals surface area contributed by atoms with E-state index in [1.54, 1.807) is 36.7 Å². The molecule has 0 bridgehead atoms. The Kier molecular flexibility index (Phi) is 5.15. The lowest BCUT2D eigenvalue weighted by Crippen LogP contribution is -2.48. The number of hydrogen-bond donors (Lipinski definition) is 2. The second-order valence-corrected chi connectivity index (χ2v) is 5.82. The van der Waals surface area contributed by atoms with Crippen molar-refractivity contribution in [2.45, 2.75) is 25.3 Å². The number of phenolic OH excluding ortho intramolecular Hbond substituents is 1. The average Bonchev–Trinajstić information content (AvgIpc) is 2.63. The summed E-state index contributed by atoms with van der Waals surface area (Å²) in [7, 11) is 0. The minimum absolute atomic E-state index is 0.0380. The quantitative estimate of drug-likeness (QED) is 0.845. The number of phenols is 1. The van der Waals surface area contributed by atoms with Crippen molar-refractivity contribution in [1.29, 1.82) is 0 Å². The van der Waals surface area contributed by atoms with E-state index in [4.69, 9.17) is 4.74 Å². The normalized spacial score (nSPS) is 17.3. The number of urea groups is 1. The van der Waals surface area contributed by atoms with Crippen LogP contribution in [0.25, 0.3) is 0 Å². The first-order valence-electron chi connectivity index (χ1n) is 8.12. The molecule has 2 aromatic rings. The highest BCUT2D eigenvalue weighted by molar-refractivity contribution is 5.89. The Morgan fingerprint density at radius 1 is 1.29 bits per heavy atom. The molecule has 1 aromatic heterocycles. The summed E-state index contributed by atoms with van der Waals surface area (Å²) in [5, 5.41) is 12.2. The summed E-state index contributed by atoms with van der Waals surface area (Å²) in [5.41, 5.74) is 0.662. The van der Waals surface area contributed by atoms with E-state index in [0.29, 0.717) is 24.6 Å². The molecule has 1 saturated heterocycles. The van der Waals surface area contributed by atoms with Gasteiger partial charge in [-0.2, -0.15) is 0 Å². The first-order valence-corrected chi connectivity index (χ1v) is 8.12. The summed E-state index contributed by atoms with van der Waals surface area (Å²) in [6.07, 6.45) is 6.37. The van der Waals surface area contributed by atoms with Crippen molar-refractivity contribution < 1.29 is 14.6 Å². The van der Waals surface area contributed by atoms with E-state index >= 15 is 0 Å². The molecule has 0 spiro atoms. The maximum Gasteiger partial charge on any atom is 0.322 e. The molecule has 1 fully saturated rings. The van der Waals surface area contributed by atoms with Crippen molar-refractivity contribution in [1.82, 2.24) is 9.88 Å². The molecule has 6 heteroatoms. The zero-order valence-electron chi connectivity index (χ0n) is 13.4. The lowest BCUT2D eigenvalue weighted by Gasteiger charge is -2.35. The average molecular weight is 327 g/mol. The lowest BCUT2D eigenvalue weighted by atomic mass is 10.0. The highest BCUT2D eigenvalue weighted by atomic mass is 16.5. The summed E-state index contributed by atoms with van der Waals surface area (Å²) < 4.78 is 5.77. The van der Waals surface area contributed by atoms with Crippen LogP contribution in [-0.2, 0) is 0 Å². The fourth-order valence-electron chi connectivity index (χ4n) is 2.81. The van der Waals surface area contributed by atoms with Gasteiger partial charge in [-0.25, -0.2) is 4.79 Å². The third kappa shape index (κ3) is 4.16. The Bertz CT molecular complexity index is 661. The predicted molar refractivity (Wildman–Crippen MR) is 91.2 cm³/mol. The number of amides is 2. The molecule has 0 aliphatic carbocycles. The Morgan fingerprint density at radius 3 is 2.88 bits per heavy atom. The van der Waals surface area contributed by atoms with Crippen LogP contribution in [0.3, 0.4) is 0 Å². The fourth-order valence-corrected chi connectivity index (χ4v) is 2.81. The van der Waals surface area contributed by atoms with Crippen LogP contribution in [0, 0.1) is 0 Å². The summed E-state index contributed by atoms with van der Waals surface area (Å²) in [5.74, 6) is 0.885. The molecule has 0 unspecified atom stereocenters. The first kappa shape index (κ1) is 16.1. The highest BCUT2D eigenvalue weighted by Gasteiger charge is 2.27. The van der Waals surface area contributed by atoms with Crippen LogP contribution in [0.5, 0.6) is 11.5 Å². The molecule has 1 atom stereocenters. The van der Waals surface area contributed by atoms with Crippen molar-refractivity contribution in [3.05, 3.63) is 48.8 Å². The van der Waals surface area contributed by atoms with Crippen LogP contribution < -0.4 is 10.1 Å². The zero-order chi connectivity index (χ0) is 16.8. The molecule has 126 valence electrons. The summed E-state index contributed by atoms with van der Waals surface area (Å²) >= 11 is 0. The number of aromatic nitrogens is 1. The van der Waals surface area contributed by atoms with Gasteiger partial charge in [0.1, 0.15) is 18.1 Å². The Labute approximate surface area is 141 Å². The highest BCUT2D eigenvalue weighted by Crippen LogP contribution is 2.21. The number of rotatable bonds is 4. The van der Waals surface area contributed by atoms with Crippen LogP contribution in [0.1, 0.15) is 19.3 Å². The Hall–Kier alpha value is -2.76. The number of benzene rings is 1. The first-order chi connectivity index (χ1) is 11.7. The second-order valence-electron chi connectivity index (χ2n) is 5.82. The maximum absolute atomic E-state index is 12.6. The number of ether oxygens (including phenoxy) is 1. The fraction of sp³-hybridized carbons (Fsp3) is 0.333. The topological polar surface area (TPSA) is 74.7 Å². The number of carbonyl (C=O) groups is 1. The zero-order valence-corrected chi connectivity index (χ0v) is 13.4. The molecule has 0 saturated carbocycles. The second kappa shape index (κ2) is 7.68. The van der Waals surface area contributed by atoms with Gasteiger partial charge in [0.05, 0.1) is 12.2 Å². The van der Waals surface area contributed by atoms with E-state index in [1.807, 2.05) is 17.0 Å². The summed E-state index contributed by atoms with van der Waals surface area (Å²) in [6.45, 7) is 1.17. The molecule has 6 nitrogen and oxygen atoms in total. The number of piperidine rings is 1. The van der Waals surface area contributed by atoms with Crippen LogP contribution in [-0.4, -0.2) is 40.2 Å². The molecule has 3 rings (SSSR count). The van der Waals surface area contributed by atoms with Crippen LogP contribution in [0.4, 0.5) is 10.5 Å². The molecule has 2 N–H and O–H groups in total. The van der Waals surface area contributed by atoms with E-state index in [0.717, 1.165) is 19.3 Å². The minimum atomic E-state index is -0.139. The van der Waals surface area contributed by atoms with Crippen molar-refractivity contribution in [2.24, 2.45) is 0 Å². The number of carbonyl (C=O) groups excluding carboxylic acids is 1. The Balaban J connectivity index is 1.60. The van der Waals surface area contributed by atoms with Gasteiger partial charge in [0, 0.05) is 18.4 Å². The van der Waals surface area contributed by atoms with Crippen molar-refractivity contribution in [2.75, 3.05) is 18.5 Å². The van der Waals surface area contributed by atoms with Gasteiger partial charge >= 0.3 is 6.03 Å². The largest absolute Gasteiger partial charge is 0.508 e. The summed E-state index contributed by atoms with van der Waals surface area (Å²) in [4.78, 5) is 18.4. The van der Waals surface area contributed by atoms with E-state index in [-0.39, 0.29) is 17.8 Å². The number of likely N-dealkylation sites (tertiary alicyclic amines) is 1. The minimum Gasteiger partial charge on any atom is -0.508 e. The van der Waals surface area contributed by atoms with Crippen molar-refractivity contribution in [3.8, 4) is 11.5 Å². The number of nitrogens with one attached hydrogen (secondary N) is 1.